The Morgan fingerprint density at radius 2 is 2.25 bits per heavy atom. The van der Waals surface area contributed by atoms with Crippen LogP contribution in [-0.2, 0) is 17.0 Å². The van der Waals surface area contributed by atoms with Crippen LogP contribution in [0.4, 0.5) is 18.3 Å². The Bertz CT molecular complexity index is 364. The molecule has 0 aliphatic heterocycles. The molecule has 1 heterocycles. The average molecular weight is 272 g/mol. The molecule has 0 fully saturated rings. The second kappa shape index (κ2) is 5.62. The zero-order valence-corrected chi connectivity index (χ0v) is 10.1. The highest BCUT2D eigenvalue weighted by molar-refractivity contribution is 7.84. The van der Waals surface area contributed by atoms with E-state index in [1.54, 1.807) is 6.26 Å². The van der Waals surface area contributed by atoms with E-state index in [0.29, 0.717) is 30.1 Å². The monoisotopic (exact) mass is 272 g/mol. The molecule has 1 unspecified atom stereocenters. The predicted octanol–water partition coefficient (Wildman–Crippen LogP) is 2.34. The molecule has 0 spiro atoms. The number of halogens is 3. The number of hydrogen-bond donors (Lipinski definition) is 1. The molecule has 0 bridgehead atoms. The Morgan fingerprint density at radius 1 is 1.56 bits per heavy atom. The molecule has 0 aliphatic carbocycles. The Morgan fingerprint density at radius 3 is 2.75 bits per heavy atom. The number of alkyl halides is 3. The van der Waals surface area contributed by atoms with Crippen LogP contribution in [0.3, 0.4) is 0 Å². The summed E-state index contributed by atoms with van der Waals surface area (Å²) in [6.07, 6.45) is -1.29. The van der Waals surface area contributed by atoms with Crippen molar-refractivity contribution in [3.8, 4) is 0 Å². The van der Waals surface area contributed by atoms with Gasteiger partial charge in [0.05, 0.1) is 6.20 Å². The fourth-order valence-corrected chi connectivity index (χ4v) is 2.22. The smallest absolute Gasteiger partial charge is 0.361 e. The van der Waals surface area contributed by atoms with Crippen LogP contribution in [0.5, 0.6) is 0 Å². The standard InChI is InChI=1S/C8H11F3N2OS2/c1-16(14)4-2-3-12-7-13-5-6(15-7)8(9,10)11/h5H,2-4H2,1H3,(H,12,13). The Kier molecular flexibility index (Phi) is 4.72. The first kappa shape index (κ1) is 13.4. The third-order valence-corrected chi connectivity index (χ3v) is 3.53. The van der Waals surface area contributed by atoms with Gasteiger partial charge in [0, 0.05) is 29.4 Å². The molecule has 1 aromatic rings. The molecular weight excluding hydrogens is 261 g/mol. The number of thiazole rings is 1. The minimum atomic E-state index is -4.33. The fraction of sp³-hybridized carbons (Fsp3) is 0.625. The topological polar surface area (TPSA) is 42.0 Å². The predicted molar refractivity (Wildman–Crippen MR) is 59.2 cm³/mol. The van der Waals surface area contributed by atoms with E-state index < -0.39 is 21.9 Å². The number of aromatic nitrogens is 1. The Labute approximate surface area is 97.5 Å². The highest BCUT2D eigenvalue weighted by Gasteiger charge is 2.33. The van der Waals surface area contributed by atoms with Gasteiger partial charge in [-0.05, 0) is 6.42 Å². The first-order chi connectivity index (χ1) is 7.39. The van der Waals surface area contributed by atoms with Crippen molar-refractivity contribution in [3.63, 3.8) is 0 Å². The van der Waals surface area contributed by atoms with Crippen LogP contribution in [0.25, 0.3) is 0 Å². The van der Waals surface area contributed by atoms with Crippen molar-refractivity contribution in [1.82, 2.24) is 4.98 Å². The molecule has 0 saturated heterocycles. The number of rotatable bonds is 5. The Hall–Kier alpha value is -0.630. The van der Waals surface area contributed by atoms with E-state index in [-0.39, 0.29) is 5.13 Å². The quantitative estimate of drug-likeness (QED) is 0.837. The molecule has 0 radical (unpaired) electrons. The summed E-state index contributed by atoms with van der Waals surface area (Å²) in [6, 6.07) is 0. The fourth-order valence-electron chi connectivity index (χ4n) is 0.958. The van der Waals surface area contributed by atoms with Crippen molar-refractivity contribution in [2.75, 3.05) is 23.9 Å². The van der Waals surface area contributed by atoms with Gasteiger partial charge in [0.25, 0.3) is 0 Å². The van der Waals surface area contributed by atoms with E-state index in [1.165, 1.54) is 0 Å². The van der Waals surface area contributed by atoms with E-state index in [9.17, 15) is 17.4 Å². The van der Waals surface area contributed by atoms with Crippen LogP contribution in [0, 0.1) is 0 Å². The van der Waals surface area contributed by atoms with Crippen molar-refractivity contribution in [1.29, 1.82) is 0 Å². The van der Waals surface area contributed by atoms with Gasteiger partial charge in [0.15, 0.2) is 5.13 Å². The molecule has 0 saturated carbocycles. The van der Waals surface area contributed by atoms with Gasteiger partial charge in [-0.25, -0.2) is 4.98 Å². The maximum Gasteiger partial charge on any atom is 0.427 e. The van der Waals surface area contributed by atoms with Gasteiger partial charge in [0.2, 0.25) is 0 Å². The van der Waals surface area contributed by atoms with Crippen molar-refractivity contribution >= 4 is 27.3 Å². The summed E-state index contributed by atoms with van der Waals surface area (Å²) in [5, 5.41) is 3.01. The van der Waals surface area contributed by atoms with E-state index in [2.05, 4.69) is 10.3 Å². The molecule has 1 N–H and O–H groups in total. The minimum absolute atomic E-state index is 0.245. The minimum Gasteiger partial charge on any atom is -0.361 e. The van der Waals surface area contributed by atoms with Crippen LogP contribution >= 0.6 is 11.3 Å². The summed E-state index contributed by atoms with van der Waals surface area (Å²) in [7, 11) is -0.869. The lowest BCUT2D eigenvalue weighted by Gasteiger charge is -2.01. The zero-order chi connectivity index (χ0) is 12.2. The van der Waals surface area contributed by atoms with Crippen molar-refractivity contribution < 1.29 is 17.4 Å². The van der Waals surface area contributed by atoms with Crippen LogP contribution in [0.1, 0.15) is 11.3 Å². The summed E-state index contributed by atoms with van der Waals surface area (Å²) in [5.41, 5.74) is 0. The van der Waals surface area contributed by atoms with E-state index in [0.717, 1.165) is 6.20 Å². The molecule has 92 valence electrons. The molecule has 1 rings (SSSR count). The largest absolute Gasteiger partial charge is 0.427 e. The summed E-state index contributed by atoms with van der Waals surface area (Å²) in [6.45, 7) is 0.477. The molecule has 0 amide bonds. The SMILES string of the molecule is CS(=O)CCCNc1ncc(C(F)(F)F)s1. The maximum absolute atomic E-state index is 12.2. The lowest BCUT2D eigenvalue weighted by atomic mass is 10.5. The van der Waals surface area contributed by atoms with Gasteiger partial charge in [-0.2, -0.15) is 13.2 Å². The zero-order valence-electron chi connectivity index (χ0n) is 8.50. The average Bonchev–Trinajstić information content (AvgIpc) is 2.59. The van der Waals surface area contributed by atoms with Gasteiger partial charge in [-0.15, -0.1) is 0 Å². The first-order valence-electron chi connectivity index (χ1n) is 4.46. The highest BCUT2D eigenvalue weighted by atomic mass is 32.2. The maximum atomic E-state index is 12.2. The van der Waals surface area contributed by atoms with Crippen molar-refractivity contribution in [3.05, 3.63) is 11.1 Å². The van der Waals surface area contributed by atoms with Gasteiger partial charge in [-0.1, -0.05) is 11.3 Å². The second-order valence-corrected chi connectivity index (χ2v) is 5.67. The van der Waals surface area contributed by atoms with E-state index in [1.807, 2.05) is 0 Å². The van der Waals surface area contributed by atoms with Crippen LogP contribution in [-0.4, -0.2) is 27.7 Å². The third kappa shape index (κ3) is 4.48. The lowest BCUT2D eigenvalue weighted by Crippen LogP contribution is -2.05. The van der Waals surface area contributed by atoms with E-state index in [4.69, 9.17) is 0 Å². The van der Waals surface area contributed by atoms with Gasteiger partial charge >= 0.3 is 6.18 Å². The second-order valence-electron chi connectivity index (χ2n) is 3.09. The molecule has 3 nitrogen and oxygen atoms in total. The molecule has 8 heteroatoms. The molecule has 16 heavy (non-hydrogen) atoms. The summed E-state index contributed by atoms with van der Waals surface area (Å²) in [4.78, 5) is 2.90. The number of nitrogens with one attached hydrogen (secondary N) is 1. The molecule has 1 aromatic heterocycles. The molecule has 0 aromatic carbocycles. The van der Waals surface area contributed by atoms with Gasteiger partial charge < -0.3 is 5.32 Å². The summed E-state index contributed by atoms with van der Waals surface area (Å²) in [5.74, 6) is 0.532. The normalized spacial score (nSPS) is 13.8. The third-order valence-electron chi connectivity index (χ3n) is 1.67. The van der Waals surface area contributed by atoms with Crippen LogP contribution in [0.15, 0.2) is 6.20 Å². The highest BCUT2D eigenvalue weighted by Crippen LogP contribution is 2.34. The number of nitrogens with zero attached hydrogens (tertiary/aromatic N) is 1. The molecule has 0 aliphatic rings. The first-order valence-corrected chi connectivity index (χ1v) is 7.01. The van der Waals surface area contributed by atoms with E-state index >= 15 is 0 Å². The van der Waals surface area contributed by atoms with Crippen LogP contribution in [0.2, 0.25) is 0 Å². The van der Waals surface area contributed by atoms with Crippen molar-refractivity contribution in [2.24, 2.45) is 0 Å². The van der Waals surface area contributed by atoms with Gasteiger partial charge in [-0.3, -0.25) is 4.21 Å². The summed E-state index contributed by atoms with van der Waals surface area (Å²) >= 11 is 0.576. The van der Waals surface area contributed by atoms with Crippen molar-refractivity contribution in [2.45, 2.75) is 12.6 Å². The van der Waals surface area contributed by atoms with Crippen LogP contribution < -0.4 is 5.32 Å². The number of hydrogen-bond acceptors (Lipinski definition) is 4. The number of anilines is 1. The summed E-state index contributed by atoms with van der Waals surface area (Å²) < 4.78 is 47.3. The van der Waals surface area contributed by atoms with Gasteiger partial charge in [0.1, 0.15) is 4.88 Å². The molecular formula is C8H11F3N2OS2. The molecule has 1 atom stereocenters. The Balaban J connectivity index is 2.38. The lowest BCUT2D eigenvalue weighted by molar-refractivity contribution is -0.134.